The second-order valence-corrected chi connectivity index (χ2v) is 10.1. The first kappa shape index (κ1) is 24.8. The number of nitro groups is 1. The zero-order chi connectivity index (χ0) is 25.9. The maximum absolute atomic E-state index is 13.6. The van der Waals surface area contributed by atoms with E-state index in [2.05, 4.69) is 16.0 Å². The number of para-hydroxylation sites is 1. The number of phenols is 1. The standard InChI is InChI=1S/C26H27N5O5S/c1-36-14-13-30(25(33)19-15-21(31(34)35)18-5-4-10-27-23(18)24(19)32)16-17-8-11-29(12-9-17)26-28-20-6-2-3-7-22(20)37-26/h2-7,10,15,17,32H,8-9,11-14,16H2,1H3. The van der Waals surface area contributed by atoms with Gasteiger partial charge in [-0.15, -0.1) is 0 Å². The molecule has 4 aromatic rings. The Morgan fingerprint density at radius 2 is 2.05 bits per heavy atom. The summed E-state index contributed by atoms with van der Waals surface area (Å²) in [5.74, 6) is -0.583. The molecular formula is C26H27N5O5S. The van der Waals surface area contributed by atoms with Gasteiger partial charge in [0.15, 0.2) is 10.9 Å². The Kier molecular flexibility index (Phi) is 7.15. The monoisotopic (exact) mass is 521 g/mol. The number of ether oxygens (including phenoxy) is 1. The number of thiazole rings is 1. The van der Waals surface area contributed by atoms with E-state index in [1.54, 1.807) is 29.4 Å². The fourth-order valence-corrected chi connectivity index (χ4v) is 5.80. The molecule has 0 radical (unpaired) electrons. The van der Waals surface area contributed by atoms with E-state index in [-0.39, 0.29) is 33.8 Å². The van der Waals surface area contributed by atoms with Gasteiger partial charge in [-0.2, -0.15) is 0 Å². The van der Waals surface area contributed by atoms with Crippen molar-refractivity contribution < 1.29 is 19.6 Å². The SMILES string of the molecule is COCCN(CC1CCN(c2nc3ccccc3s2)CC1)C(=O)c1cc([N+](=O)[O-])c2cccnc2c1O. The van der Waals surface area contributed by atoms with E-state index in [0.717, 1.165) is 47.3 Å². The molecule has 1 aliphatic rings. The van der Waals surface area contributed by atoms with Gasteiger partial charge in [0.25, 0.3) is 11.6 Å². The van der Waals surface area contributed by atoms with Crippen LogP contribution in [0.4, 0.5) is 10.8 Å². The lowest BCUT2D eigenvalue weighted by Crippen LogP contribution is -2.42. The summed E-state index contributed by atoms with van der Waals surface area (Å²) < 4.78 is 6.38. The van der Waals surface area contributed by atoms with Gasteiger partial charge in [-0.3, -0.25) is 19.9 Å². The molecule has 1 fully saturated rings. The lowest BCUT2D eigenvalue weighted by atomic mass is 9.96. The van der Waals surface area contributed by atoms with Crippen LogP contribution in [-0.4, -0.2) is 70.7 Å². The number of piperidine rings is 1. The number of benzene rings is 2. The van der Waals surface area contributed by atoms with Crippen molar-refractivity contribution in [2.75, 3.05) is 44.8 Å². The highest BCUT2D eigenvalue weighted by Crippen LogP contribution is 2.36. The molecule has 0 aliphatic carbocycles. The summed E-state index contributed by atoms with van der Waals surface area (Å²) in [6.45, 7) is 2.73. The average Bonchev–Trinajstić information content (AvgIpc) is 3.35. The van der Waals surface area contributed by atoms with Gasteiger partial charge in [-0.25, -0.2) is 4.98 Å². The fourth-order valence-electron chi connectivity index (χ4n) is 4.79. The summed E-state index contributed by atoms with van der Waals surface area (Å²) in [5, 5.41) is 23.8. The van der Waals surface area contributed by atoms with Gasteiger partial charge in [0, 0.05) is 45.6 Å². The Balaban J connectivity index is 1.34. The second-order valence-electron chi connectivity index (χ2n) is 9.09. The molecule has 1 N–H and O–H groups in total. The number of hydrogen-bond acceptors (Lipinski definition) is 9. The number of aromatic hydroxyl groups is 1. The summed E-state index contributed by atoms with van der Waals surface area (Å²) in [6.07, 6.45) is 3.18. The van der Waals surface area contributed by atoms with E-state index in [1.165, 1.54) is 12.3 Å². The maximum atomic E-state index is 13.6. The number of pyridine rings is 1. The van der Waals surface area contributed by atoms with Crippen molar-refractivity contribution in [3.05, 3.63) is 64.3 Å². The largest absolute Gasteiger partial charge is 0.505 e. The van der Waals surface area contributed by atoms with Crippen LogP contribution in [0, 0.1) is 16.0 Å². The molecule has 0 atom stereocenters. The number of amides is 1. The molecule has 5 rings (SSSR count). The van der Waals surface area contributed by atoms with E-state index < -0.39 is 10.8 Å². The molecule has 11 heteroatoms. The third kappa shape index (κ3) is 5.05. The minimum absolute atomic E-state index is 0.0379. The molecule has 37 heavy (non-hydrogen) atoms. The number of rotatable bonds is 8. The van der Waals surface area contributed by atoms with E-state index in [0.29, 0.717) is 19.7 Å². The van der Waals surface area contributed by atoms with Crippen LogP contribution in [-0.2, 0) is 4.74 Å². The molecule has 1 aliphatic heterocycles. The molecule has 10 nitrogen and oxygen atoms in total. The number of carbonyl (C=O) groups excluding carboxylic acids is 1. The third-order valence-electron chi connectivity index (χ3n) is 6.77. The highest BCUT2D eigenvalue weighted by Gasteiger charge is 2.29. The molecule has 0 saturated carbocycles. The second kappa shape index (κ2) is 10.7. The van der Waals surface area contributed by atoms with Crippen molar-refractivity contribution in [2.24, 2.45) is 5.92 Å². The zero-order valence-electron chi connectivity index (χ0n) is 20.4. The zero-order valence-corrected chi connectivity index (χ0v) is 21.2. The molecule has 0 spiro atoms. The Morgan fingerprint density at radius 3 is 2.78 bits per heavy atom. The highest BCUT2D eigenvalue weighted by atomic mass is 32.1. The minimum Gasteiger partial charge on any atom is -0.505 e. The third-order valence-corrected chi connectivity index (χ3v) is 7.87. The van der Waals surface area contributed by atoms with Crippen LogP contribution in [0.2, 0.25) is 0 Å². The van der Waals surface area contributed by atoms with Crippen molar-refractivity contribution >= 4 is 49.2 Å². The van der Waals surface area contributed by atoms with E-state index >= 15 is 0 Å². The predicted octanol–water partition coefficient (Wildman–Crippen LogP) is 4.46. The Bertz CT molecular complexity index is 1420. The number of methoxy groups -OCH3 is 1. The van der Waals surface area contributed by atoms with Gasteiger partial charge in [0.05, 0.1) is 32.7 Å². The van der Waals surface area contributed by atoms with Crippen LogP contribution in [0.5, 0.6) is 5.75 Å². The topological polar surface area (TPSA) is 122 Å². The van der Waals surface area contributed by atoms with E-state index in [9.17, 15) is 20.0 Å². The van der Waals surface area contributed by atoms with Gasteiger partial charge in [-0.05, 0) is 43.0 Å². The first-order valence-electron chi connectivity index (χ1n) is 12.1. The summed E-state index contributed by atoms with van der Waals surface area (Å²) in [5.41, 5.74) is 0.650. The van der Waals surface area contributed by atoms with Crippen LogP contribution in [0.15, 0.2) is 48.7 Å². The number of fused-ring (bicyclic) bond motifs is 2. The van der Waals surface area contributed by atoms with Crippen LogP contribution in [0.3, 0.4) is 0 Å². The number of aromatic nitrogens is 2. The number of non-ortho nitro benzene ring substituents is 1. The quantitative estimate of drug-likeness (QED) is 0.266. The van der Waals surface area contributed by atoms with Gasteiger partial charge in [-0.1, -0.05) is 23.5 Å². The molecule has 0 unspecified atom stereocenters. The fraction of sp³-hybridized carbons (Fsp3) is 0.346. The Morgan fingerprint density at radius 1 is 1.27 bits per heavy atom. The lowest BCUT2D eigenvalue weighted by Gasteiger charge is -2.35. The van der Waals surface area contributed by atoms with Crippen LogP contribution < -0.4 is 4.90 Å². The molecule has 2 aromatic carbocycles. The van der Waals surface area contributed by atoms with Crippen molar-refractivity contribution in [1.29, 1.82) is 0 Å². The number of anilines is 1. The number of nitro benzene ring substituents is 1. The Hall–Kier alpha value is -3.83. The van der Waals surface area contributed by atoms with Crippen LogP contribution >= 0.6 is 11.3 Å². The number of nitrogens with zero attached hydrogens (tertiary/aromatic N) is 5. The van der Waals surface area contributed by atoms with Crippen LogP contribution in [0.1, 0.15) is 23.2 Å². The van der Waals surface area contributed by atoms with Crippen molar-refractivity contribution in [3.8, 4) is 5.75 Å². The van der Waals surface area contributed by atoms with Crippen molar-refractivity contribution in [3.63, 3.8) is 0 Å². The predicted molar refractivity (Wildman–Crippen MR) is 142 cm³/mol. The molecule has 3 heterocycles. The van der Waals surface area contributed by atoms with Gasteiger partial charge >= 0.3 is 0 Å². The van der Waals surface area contributed by atoms with Crippen molar-refractivity contribution in [1.82, 2.24) is 14.9 Å². The lowest BCUT2D eigenvalue weighted by molar-refractivity contribution is -0.383. The summed E-state index contributed by atoms with van der Waals surface area (Å²) >= 11 is 1.68. The first-order chi connectivity index (χ1) is 18.0. The molecule has 1 amide bonds. The van der Waals surface area contributed by atoms with Crippen LogP contribution in [0.25, 0.3) is 21.1 Å². The number of carbonyl (C=O) groups is 1. The molecule has 2 aromatic heterocycles. The normalized spacial score (nSPS) is 14.4. The summed E-state index contributed by atoms with van der Waals surface area (Å²) in [7, 11) is 1.56. The van der Waals surface area contributed by atoms with E-state index in [1.807, 2.05) is 18.2 Å². The van der Waals surface area contributed by atoms with Gasteiger partial charge < -0.3 is 19.6 Å². The molecule has 192 valence electrons. The van der Waals surface area contributed by atoms with Gasteiger partial charge in [0.2, 0.25) is 0 Å². The molecular weight excluding hydrogens is 494 g/mol. The van der Waals surface area contributed by atoms with E-state index in [4.69, 9.17) is 9.72 Å². The first-order valence-corrected chi connectivity index (χ1v) is 12.9. The maximum Gasteiger partial charge on any atom is 0.279 e. The molecule has 1 saturated heterocycles. The smallest absolute Gasteiger partial charge is 0.279 e. The van der Waals surface area contributed by atoms with Gasteiger partial charge in [0.1, 0.15) is 5.52 Å². The Labute approximate surface area is 217 Å². The molecule has 0 bridgehead atoms. The van der Waals surface area contributed by atoms with Crippen molar-refractivity contribution in [2.45, 2.75) is 12.8 Å². The summed E-state index contributed by atoms with van der Waals surface area (Å²) in [6, 6.07) is 12.3. The average molecular weight is 522 g/mol. The summed E-state index contributed by atoms with van der Waals surface area (Å²) in [4.78, 5) is 37.5. The highest BCUT2D eigenvalue weighted by molar-refractivity contribution is 7.22. The number of phenolic OH excluding ortho intramolecular Hbond substituents is 1. The number of hydrogen-bond donors (Lipinski definition) is 1. The minimum atomic E-state index is -0.558.